The largest absolute Gasteiger partial charge is 0.443 e. The lowest BCUT2D eigenvalue weighted by Gasteiger charge is -1.95. The summed E-state index contributed by atoms with van der Waals surface area (Å²) in [5.41, 5.74) is 1.01. The van der Waals surface area contributed by atoms with Crippen LogP contribution in [0.3, 0.4) is 0 Å². The van der Waals surface area contributed by atoms with Crippen LogP contribution in [0.5, 0.6) is 0 Å². The third-order valence-corrected chi connectivity index (χ3v) is 2.54. The number of aromatic nitrogens is 1. The fraction of sp³-hybridized carbons (Fsp3) is 0. The van der Waals surface area contributed by atoms with Crippen LogP contribution in [-0.4, -0.2) is 13.4 Å². The summed E-state index contributed by atoms with van der Waals surface area (Å²) in [7, 11) is -3.65. The second kappa shape index (κ2) is 5.06. The number of hydrogen-bond donors (Lipinski definition) is 1. The van der Waals surface area contributed by atoms with E-state index in [1.165, 1.54) is 24.6 Å². The topological polar surface area (TPSA) is 86.2 Å². The molecular formula is C7H8Br2N2O3S. The van der Waals surface area contributed by atoms with E-state index in [1.807, 2.05) is 0 Å². The van der Waals surface area contributed by atoms with E-state index in [1.54, 1.807) is 0 Å². The second-order valence-electron chi connectivity index (χ2n) is 2.53. The summed E-state index contributed by atoms with van der Waals surface area (Å²) in [6.07, 6.45) is 1.25. The number of fused-ring (bicyclic) bond motifs is 1. The Morgan fingerprint density at radius 3 is 2.53 bits per heavy atom. The molecule has 0 spiro atoms. The molecule has 1 aromatic carbocycles. The highest BCUT2D eigenvalue weighted by Gasteiger charge is 2.09. The van der Waals surface area contributed by atoms with Crippen molar-refractivity contribution in [1.82, 2.24) is 4.98 Å². The van der Waals surface area contributed by atoms with Crippen LogP contribution in [0.4, 0.5) is 0 Å². The molecule has 0 aliphatic heterocycles. The molecule has 0 bridgehead atoms. The number of nitrogens with two attached hydrogens (primary N) is 1. The summed E-state index contributed by atoms with van der Waals surface area (Å²) in [5.74, 6) is 0. The van der Waals surface area contributed by atoms with Gasteiger partial charge in [0, 0.05) is 0 Å². The van der Waals surface area contributed by atoms with E-state index in [0.29, 0.717) is 11.1 Å². The molecular weight excluding hydrogens is 352 g/mol. The summed E-state index contributed by atoms with van der Waals surface area (Å²) in [6.45, 7) is 0. The Bertz CT molecular complexity index is 552. The molecule has 2 aromatic rings. The molecule has 2 rings (SSSR count). The van der Waals surface area contributed by atoms with Gasteiger partial charge in [0.15, 0.2) is 12.0 Å². The van der Waals surface area contributed by atoms with Gasteiger partial charge in [0.25, 0.3) is 0 Å². The van der Waals surface area contributed by atoms with Crippen molar-refractivity contribution in [3.63, 3.8) is 0 Å². The number of halogens is 2. The Hall–Kier alpha value is -0.440. The molecule has 0 atom stereocenters. The Morgan fingerprint density at radius 2 is 1.93 bits per heavy atom. The van der Waals surface area contributed by atoms with Gasteiger partial charge < -0.3 is 4.42 Å². The highest BCUT2D eigenvalue weighted by atomic mass is 79.9. The SMILES string of the molecule is Br.Br.NS(=O)(=O)c1ccc2ocnc2c1. The zero-order valence-corrected chi connectivity index (χ0v) is 11.5. The molecule has 0 radical (unpaired) electrons. The van der Waals surface area contributed by atoms with Crippen molar-refractivity contribution < 1.29 is 12.8 Å². The van der Waals surface area contributed by atoms with E-state index in [-0.39, 0.29) is 38.9 Å². The fourth-order valence-electron chi connectivity index (χ4n) is 1.01. The van der Waals surface area contributed by atoms with Crippen molar-refractivity contribution in [1.29, 1.82) is 0 Å². The van der Waals surface area contributed by atoms with E-state index in [4.69, 9.17) is 9.56 Å². The Kier molecular flexibility index (Phi) is 4.91. The Balaban J connectivity index is 0.000000980. The Labute approximate surface area is 107 Å². The smallest absolute Gasteiger partial charge is 0.238 e. The maximum absolute atomic E-state index is 10.9. The first-order valence-electron chi connectivity index (χ1n) is 3.43. The van der Waals surface area contributed by atoms with Gasteiger partial charge in [0.2, 0.25) is 10.0 Å². The molecule has 0 saturated heterocycles. The van der Waals surface area contributed by atoms with Gasteiger partial charge in [0.1, 0.15) is 5.52 Å². The zero-order chi connectivity index (χ0) is 9.47. The molecule has 84 valence electrons. The first kappa shape index (κ1) is 14.6. The zero-order valence-electron chi connectivity index (χ0n) is 7.28. The van der Waals surface area contributed by atoms with Gasteiger partial charge in [0.05, 0.1) is 4.90 Å². The maximum atomic E-state index is 10.9. The molecule has 5 nitrogen and oxygen atoms in total. The van der Waals surface area contributed by atoms with Crippen molar-refractivity contribution in [2.75, 3.05) is 0 Å². The van der Waals surface area contributed by atoms with Gasteiger partial charge in [-0.05, 0) is 18.2 Å². The van der Waals surface area contributed by atoms with Gasteiger partial charge >= 0.3 is 0 Å². The minimum Gasteiger partial charge on any atom is -0.443 e. The third-order valence-electron chi connectivity index (χ3n) is 1.63. The Morgan fingerprint density at radius 1 is 1.27 bits per heavy atom. The van der Waals surface area contributed by atoms with Gasteiger partial charge in [-0.15, -0.1) is 34.0 Å². The van der Waals surface area contributed by atoms with E-state index in [9.17, 15) is 8.42 Å². The van der Waals surface area contributed by atoms with Crippen LogP contribution in [0.2, 0.25) is 0 Å². The predicted octanol–water partition coefficient (Wildman–Crippen LogP) is 1.63. The standard InChI is InChI=1S/C7H6N2O3S.2BrH/c8-13(10,11)5-1-2-7-6(3-5)9-4-12-7;;/h1-4H,(H2,8,10,11);2*1H. The van der Waals surface area contributed by atoms with E-state index in [0.717, 1.165) is 0 Å². The lowest BCUT2D eigenvalue weighted by molar-refractivity contribution is 0.597. The first-order chi connectivity index (χ1) is 6.07. The molecule has 0 fully saturated rings. The molecule has 0 aliphatic rings. The van der Waals surface area contributed by atoms with Gasteiger partial charge in [-0.2, -0.15) is 0 Å². The molecule has 0 aliphatic carbocycles. The summed E-state index contributed by atoms with van der Waals surface area (Å²) in [6, 6.07) is 4.26. The second-order valence-corrected chi connectivity index (χ2v) is 4.09. The molecule has 15 heavy (non-hydrogen) atoms. The predicted molar refractivity (Wildman–Crippen MR) is 66.0 cm³/mol. The number of sulfonamides is 1. The lowest BCUT2D eigenvalue weighted by Crippen LogP contribution is -2.11. The van der Waals surface area contributed by atoms with Crippen LogP contribution in [-0.2, 0) is 10.0 Å². The van der Waals surface area contributed by atoms with Gasteiger partial charge in [-0.25, -0.2) is 18.5 Å². The highest BCUT2D eigenvalue weighted by Crippen LogP contribution is 2.16. The molecule has 0 saturated carbocycles. The van der Waals surface area contributed by atoms with E-state index >= 15 is 0 Å². The van der Waals surface area contributed by atoms with Crippen molar-refractivity contribution in [2.24, 2.45) is 5.14 Å². The number of primary sulfonamides is 1. The number of rotatable bonds is 1. The van der Waals surface area contributed by atoms with Crippen molar-refractivity contribution in [3.8, 4) is 0 Å². The third kappa shape index (κ3) is 3.00. The van der Waals surface area contributed by atoms with Crippen LogP contribution in [0.25, 0.3) is 11.1 Å². The van der Waals surface area contributed by atoms with Crippen LogP contribution < -0.4 is 5.14 Å². The minimum absolute atomic E-state index is 0. The lowest BCUT2D eigenvalue weighted by atomic mass is 10.3. The van der Waals surface area contributed by atoms with Crippen molar-refractivity contribution in [3.05, 3.63) is 24.6 Å². The van der Waals surface area contributed by atoms with Gasteiger partial charge in [-0.1, -0.05) is 0 Å². The number of nitrogens with zero attached hydrogens (tertiary/aromatic N) is 1. The number of hydrogen-bond acceptors (Lipinski definition) is 4. The maximum Gasteiger partial charge on any atom is 0.238 e. The molecule has 0 amide bonds. The average molecular weight is 360 g/mol. The molecule has 1 heterocycles. The molecule has 1 aromatic heterocycles. The van der Waals surface area contributed by atoms with Crippen LogP contribution in [0.15, 0.2) is 33.9 Å². The monoisotopic (exact) mass is 358 g/mol. The fourth-order valence-corrected chi connectivity index (χ4v) is 1.55. The number of benzene rings is 1. The minimum atomic E-state index is -3.65. The summed E-state index contributed by atoms with van der Waals surface area (Å²) >= 11 is 0. The van der Waals surface area contributed by atoms with Crippen molar-refractivity contribution >= 4 is 55.1 Å². The quantitative estimate of drug-likeness (QED) is 0.838. The van der Waals surface area contributed by atoms with Crippen molar-refractivity contribution in [2.45, 2.75) is 4.90 Å². The summed E-state index contributed by atoms with van der Waals surface area (Å²) in [4.78, 5) is 3.84. The average Bonchev–Trinajstić information content (AvgIpc) is 2.47. The highest BCUT2D eigenvalue weighted by molar-refractivity contribution is 8.93. The molecule has 0 unspecified atom stereocenters. The first-order valence-corrected chi connectivity index (χ1v) is 4.98. The van der Waals surface area contributed by atoms with Gasteiger partial charge in [-0.3, -0.25) is 0 Å². The van der Waals surface area contributed by atoms with E-state index < -0.39 is 10.0 Å². The van der Waals surface area contributed by atoms with Crippen LogP contribution >= 0.6 is 34.0 Å². The summed E-state index contributed by atoms with van der Waals surface area (Å²) < 4.78 is 26.8. The molecule has 2 N–H and O–H groups in total. The normalized spacial score (nSPS) is 10.5. The van der Waals surface area contributed by atoms with Crippen LogP contribution in [0, 0.1) is 0 Å². The van der Waals surface area contributed by atoms with Crippen LogP contribution in [0.1, 0.15) is 0 Å². The number of oxazole rings is 1. The van der Waals surface area contributed by atoms with E-state index in [2.05, 4.69) is 4.98 Å². The molecule has 8 heteroatoms. The summed E-state index contributed by atoms with van der Waals surface area (Å²) in [5, 5.41) is 4.93.